The normalized spacial score (nSPS) is 12.4. The Hall–Kier alpha value is -1.81. The van der Waals surface area contributed by atoms with Gasteiger partial charge in [-0.15, -0.1) is 0 Å². The van der Waals surface area contributed by atoms with E-state index >= 15 is 0 Å². The summed E-state index contributed by atoms with van der Waals surface area (Å²) in [6, 6.07) is 7.97. The molecule has 0 radical (unpaired) electrons. The molecule has 0 saturated heterocycles. The molecule has 0 heterocycles. The third-order valence-electron chi connectivity index (χ3n) is 3.34. The highest BCUT2D eigenvalue weighted by atomic mass is 19.2. The Bertz CT molecular complexity index is 625. The molecule has 0 saturated carbocycles. The molecule has 2 aromatic carbocycles. The molecule has 0 fully saturated rings. The van der Waals surface area contributed by atoms with Crippen molar-refractivity contribution in [3.05, 3.63) is 70.5 Å². The summed E-state index contributed by atoms with van der Waals surface area (Å²) < 4.78 is 40.7. The Morgan fingerprint density at radius 2 is 1.67 bits per heavy atom. The number of rotatable bonds is 5. The largest absolute Gasteiger partial charge is 0.306 e. The molecule has 0 aromatic heterocycles. The molecule has 1 N–H and O–H groups in total. The average molecular weight is 293 g/mol. The summed E-state index contributed by atoms with van der Waals surface area (Å²) in [6.07, 6.45) is 0.855. The number of hydrogen-bond acceptors (Lipinski definition) is 1. The molecule has 4 heteroatoms. The lowest BCUT2D eigenvalue weighted by molar-refractivity contribution is 0.500. The van der Waals surface area contributed by atoms with Crippen molar-refractivity contribution in [1.29, 1.82) is 0 Å². The van der Waals surface area contributed by atoms with Gasteiger partial charge in [-0.05, 0) is 43.7 Å². The first-order valence-corrected chi connectivity index (χ1v) is 6.97. The summed E-state index contributed by atoms with van der Waals surface area (Å²) in [4.78, 5) is 0. The van der Waals surface area contributed by atoms with Crippen LogP contribution in [0.3, 0.4) is 0 Å². The highest BCUT2D eigenvalue weighted by Gasteiger charge is 2.19. The van der Waals surface area contributed by atoms with Crippen LogP contribution in [-0.2, 0) is 0 Å². The van der Waals surface area contributed by atoms with E-state index in [0.29, 0.717) is 17.7 Å². The molecule has 21 heavy (non-hydrogen) atoms. The van der Waals surface area contributed by atoms with E-state index in [1.807, 2.05) is 13.8 Å². The van der Waals surface area contributed by atoms with E-state index in [9.17, 15) is 13.2 Å². The first-order valence-electron chi connectivity index (χ1n) is 6.97. The van der Waals surface area contributed by atoms with Crippen LogP contribution in [-0.4, -0.2) is 6.54 Å². The summed E-state index contributed by atoms with van der Waals surface area (Å²) >= 11 is 0. The van der Waals surface area contributed by atoms with Crippen molar-refractivity contribution >= 4 is 0 Å². The highest BCUT2D eigenvalue weighted by molar-refractivity contribution is 5.35. The van der Waals surface area contributed by atoms with Crippen LogP contribution in [0.2, 0.25) is 0 Å². The smallest absolute Gasteiger partial charge is 0.159 e. The average Bonchev–Trinajstić information content (AvgIpc) is 2.46. The monoisotopic (exact) mass is 293 g/mol. The van der Waals surface area contributed by atoms with Gasteiger partial charge >= 0.3 is 0 Å². The SMILES string of the molecule is CCCNC(c1ccc(F)c(F)c1)c1cc(C)ccc1F. The van der Waals surface area contributed by atoms with Crippen molar-refractivity contribution in [3.8, 4) is 0 Å². The molecule has 1 atom stereocenters. The summed E-state index contributed by atoms with van der Waals surface area (Å²) in [5.74, 6) is -2.19. The molecule has 112 valence electrons. The van der Waals surface area contributed by atoms with Crippen LogP contribution in [0.5, 0.6) is 0 Å². The van der Waals surface area contributed by atoms with Crippen molar-refractivity contribution in [2.75, 3.05) is 6.54 Å². The lowest BCUT2D eigenvalue weighted by Crippen LogP contribution is -2.24. The van der Waals surface area contributed by atoms with Crippen LogP contribution >= 0.6 is 0 Å². The Balaban J connectivity index is 2.46. The Morgan fingerprint density at radius 3 is 2.33 bits per heavy atom. The maximum absolute atomic E-state index is 14.1. The second-order valence-electron chi connectivity index (χ2n) is 5.09. The van der Waals surface area contributed by atoms with Crippen LogP contribution in [0.25, 0.3) is 0 Å². The Morgan fingerprint density at radius 1 is 0.952 bits per heavy atom. The van der Waals surface area contributed by atoms with Gasteiger partial charge in [0, 0.05) is 5.56 Å². The fourth-order valence-corrected chi connectivity index (χ4v) is 2.27. The van der Waals surface area contributed by atoms with Crippen molar-refractivity contribution in [2.24, 2.45) is 0 Å². The molecular formula is C17H18F3N. The van der Waals surface area contributed by atoms with Gasteiger partial charge in [-0.3, -0.25) is 0 Å². The molecule has 0 aliphatic rings. The minimum atomic E-state index is -0.927. The molecule has 0 spiro atoms. The quantitative estimate of drug-likeness (QED) is 0.855. The molecule has 2 rings (SSSR count). The maximum atomic E-state index is 14.1. The number of aryl methyl sites for hydroxylation is 1. The van der Waals surface area contributed by atoms with E-state index in [-0.39, 0.29) is 5.82 Å². The minimum absolute atomic E-state index is 0.362. The predicted octanol–water partition coefficient (Wildman–Crippen LogP) is 4.50. The fraction of sp³-hybridized carbons (Fsp3) is 0.294. The lowest BCUT2D eigenvalue weighted by atomic mass is 9.96. The fourth-order valence-electron chi connectivity index (χ4n) is 2.27. The van der Waals surface area contributed by atoms with Gasteiger partial charge in [-0.2, -0.15) is 0 Å². The summed E-state index contributed by atoms with van der Waals surface area (Å²) in [7, 11) is 0. The molecule has 0 amide bonds. The van der Waals surface area contributed by atoms with Gasteiger partial charge < -0.3 is 5.32 Å². The van der Waals surface area contributed by atoms with Crippen LogP contribution in [0.4, 0.5) is 13.2 Å². The third kappa shape index (κ3) is 3.64. The van der Waals surface area contributed by atoms with Crippen molar-refractivity contribution in [1.82, 2.24) is 5.32 Å². The zero-order valence-electron chi connectivity index (χ0n) is 12.1. The summed E-state index contributed by atoms with van der Waals surface area (Å²) in [6.45, 7) is 4.50. The lowest BCUT2D eigenvalue weighted by Gasteiger charge is -2.21. The topological polar surface area (TPSA) is 12.0 Å². The van der Waals surface area contributed by atoms with Gasteiger partial charge in [0.25, 0.3) is 0 Å². The first kappa shape index (κ1) is 15.6. The maximum Gasteiger partial charge on any atom is 0.159 e. The third-order valence-corrected chi connectivity index (χ3v) is 3.34. The van der Waals surface area contributed by atoms with Crippen LogP contribution in [0.1, 0.15) is 36.1 Å². The number of nitrogens with one attached hydrogen (secondary N) is 1. The van der Waals surface area contributed by atoms with Gasteiger partial charge in [0.05, 0.1) is 6.04 Å². The number of hydrogen-bond donors (Lipinski definition) is 1. The second kappa shape index (κ2) is 6.76. The van der Waals surface area contributed by atoms with Crippen molar-refractivity contribution in [3.63, 3.8) is 0 Å². The van der Waals surface area contributed by atoms with Crippen LogP contribution < -0.4 is 5.32 Å². The van der Waals surface area contributed by atoms with E-state index in [0.717, 1.165) is 24.1 Å². The Labute approximate surface area is 122 Å². The van der Waals surface area contributed by atoms with E-state index < -0.39 is 17.7 Å². The molecular weight excluding hydrogens is 275 g/mol. The zero-order valence-corrected chi connectivity index (χ0v) is 12.1. The molecule has 2 aromatic rings. The Kier molecular flexibility index (Phi) is 5.02. The van der Waals surface area contributed by atoms with E-state index in [1.54, 1.807) is 12.1 Å². The molecule has 0 aliphatic heterocycles. The standard InChI is InChI=1S/C17H18F3N/c1-3-8-21-17(12-5-7-15(19)16(20)10-12)13-9-11(2)4-6-14(13)18/h4-7,9-10,17,21H,3,8H2,1-2H3. The van der Waals surface area contributed by atoms with E-state index in [2.05, 4.69) is 5.32 Å². The first-order chi connectivity index (χ1) is 10.0. The minimum Gasteiger partial charge on any atom is -0.306 e. The molecule has 1 nitrogen and oxygen atoms in total. The molecule has 1 unspecified atom stereocenters. The van der Waals surface area contributed by atoms with Crippen LogP contribution in [0, 0.1) is 24.4 Å². The zero-order chi connectivity index (χ0) is 15.4. The summed E-state index contributed by atoms with van der Waals surface area (Å²) in [5.41, 5.74) is 1.86. The van der Waals surface area contributed by atoms with E-state index in [1.165, 1.54) is 12.1 Å². The number of benzene rings is 2. The van der Waals surface area contributed by atoms with E-state index in [4.69, 9.17) is 0 Å². The van der Waals surface area contributed by atoms with Crippen molar-refractivity contribution in [2.45, 2.75) is 26.3 Å². The molecule has 0 bridgehead atoms. The van der Waals surface area contributed by atoms with Crippen molar-refractivity contribution < 1.29 is 13.2 Å². The molecule has 0 aliphatic carbocycles. The van der Waals surface area contributed by atoms with Gasteiger partial charge in [0.1, 0.15) is 5.82 Å². The van der Waals surface area contributed by atoms with Gasteiger partial charge in [-0.1, -0.05) is 30.7 Å². The summed E-state index contributed by atoms with van der Waals surface area (Å²) in [5, 5.41) is 3.19. The van der Waals surface area contributed by atoms with Gasteiger partial charge in [0.2, 0.25) is 0 Å². The highest BCUT2D eigenvalue weighted by Crippen LogP contribution is 2.26. The predicted molar refractivity (Wildman–Crippen MR) is 77.6 cm³/mol. The van der Waals surface area contributed by atoms with Crippen LogP contribution in [0.15, 0.2) is 36.4 Å². The second-order valence-corrected chi connectivity index (χ2v) is 5.09. The number of halogens is 3. The van der Waals surface area contributed by atoms with Gasteiger partial charge in [0.15, 0.2) is 11.6 Å². The van der Waals surface area contributed by atoms with Gasteiger partial charge in [-0.25, -0.2) is 13.2 Å².